The zero-order valence-electron chi connectivity index (χ0n) is 11.9. The van der Waals surface area contributed by atoms with Crippen LogP contribution in [0.4, 0.5) is 0 Å². The Morgan fingerprint density at radius 2 is 2.25 bits per heavy atom. The molecule has 3 N–H and O–H groups in total. The minimum absolute atomic E-state index is 0.112. The van der Waals surface area contributed by atoms with E-state index in [1.807, 2.05) is 6.92 Å². The third-order valence-corrected chi connectivity index (χ3v) is 3.59. The van der Waals surface area contributed by atoms with Gasteiger partial charge in [-0.25, -0.2) is 0 Å². The van der Waals surface area contributed by atoms with Gasteiger partial charge in [-0.2, -0.15) is 0 Å². The number of likely N-dealkylation sites (N-methyl/N-ethyl adjacent to an activating group) is 1. The highest BCUT2D eigenvalue weighted by molar-refractivity contribution is 7.10. The number of carbonyl (C=O) groups is 2. The molecule has 0 aliphatic carbocycles. The van der Waals surface area contributed by atoms with Gasteiger partial charge in [-0.1, -0.05) is 11.8 Å². The van der Waals surface area contributed by atoms with E-state index < -0.39 is 6.04 Å². The smallest absolute Gasteiger partial charge is 0.252 e. The van der Waals surface area contributed by atoms with Gasteiger partial charge in [0.1, 0.15) is 6.04 Å². The van der Waals surface area contributed by atoms with Crippen LogP contribution in [0.2, 0.25) is 0 Å². The predicted molar refractivity (Wildman–Crippen MR) is 80.5 cm³/mol. The average molecular weight is 293 g/mol. The minimum atomic E-state index is -0.550. The van der Waals surface area contributed by atoms with E-state index >= 15 is 0 Å². The van der Waals surface area contributed by atoms with Crippen LogP contribution < -0.4 is 11.1 Å². The summed E-state index contributed by atoms with van der Waals surface area (Å²) in [7, 11) is 1.70. The number of hydrogen-bond donors (Lipinski definition) is 2. The molecule has 108 valence electrons. The van der Waals surface area contributed by atoms with Crippen molar-refractivity contribution in [3.63, 3.8) is 0 Å². The molecule has 0 bridgehead atoms. The van der Waals surface area contributed by atoms with Gasteiger partial charge in [0.2, 0.25) is 5.91 Å². The predicted octanol–water partition coefficient (Wildman–Crippen LogP) is 0.655. The van der Waals surface area contributed by atoms with Crippen molar-refractivity contribution >= 4 is 23.2 Å². The molecular weight excluding hydrogens is 274 g/mol. The lowest BCUT2D eigenvalue weighted by atomic mass is 10.2. The number of nitrogens with two attached hydrogens (primary N) is 1. The van der Waals surface area contributed by atoms with Gasteiger partial charge in [0.25, 0.3) is 5.91 Å². The molecule has 0 fully saturated rings. The van der Waals surface area contributed by atoms with E-state index in [-0.39, 0.29) is 18.4 Å². The summed E-state index contributed by atoms with van der Waals surface area (Å²) in [5.74, 6) is 5.22. The molecule has 2 amide bonds. The Labute approximate surface area is 123 Å². The zero-order valence-corrected chi connectivity index (χ0v) is 12.7. The van der Waals surface area contributed by atoms with Gasteiger partial charge < -0.3 is 16.0 Å². The van der Waals surface area contributed by atoms with Crippen LogP contribution in [0.5, 0.6) is 0 Å². The summed E-state index contributed by atoms with van der Waals surface area (Å²) in [6.07, 6.45) is 0. The molecule has 5 nitrogen and oxygen atoms in total. The van der Waals surface area contributed by atoms with Crippen LogP contribution in [-0.4, -0.2) is 42.9 Å². The first-order valence-corrected chi connectivity index (χ1v) is 7.20. The molecule has 1 rings (SSSR count). The van der Waals surface area contributed by atoms with Crippen molar-refractivity contribution in [1.29, 1.82) is 0 Å². The number of nitrogens with zero attached hydrogens (tertiary/aromatic N) is 1. The lowest BCUT2D eigenvalue weighted by Crippen LogP contribution is -2.45. The standard InChI is InChI=1S/C14H19N3O2S/c1-4-17(3)14(19)10(2)16-13(18)11-8-12(20-9-11)6-5-7-15/h8-10H,4,7,15H2,1-3H3,(H,16,18). The monoisotopic (exact) mass is 293 g/mol. The molecule has 1 heterocycles. The molecule has 0 spiro atoms. The number of hydrogen-bond acceptors (Lipinski definition) is 4. The van der Waals surface area contributed by atoms with Gasteiger partial charge >= 0.3 is 0 Å². The van der Waals surface area contributed by atoms with Crippen LogP contribution in [-0.2, 0) is 4.79 Å². The summed E-state index contributed by atoms with van der Waals surface area (Å²) in [6, 6.07) is 1.15. The van der Waals surface area contributed by atoms with Crippen LogP contribution >= 0.6 is 11.3 Å². The first-order valence-electron chi connectivity index (χ1n) is 6.32. The van der Waals surface area contributed by atoms with Crippen LogP contribution in [0.25, 0.3) is 0 Å². The maximum absolute atomic E-state index is 12.0. The fraction of sp³-hybridized carbons (Fsp3) is 0.429. The summed E-state index contributed by atoms with van der Waals surface area (Å²) >= 11 is 1.38. The lowest BCUT2D eigenvalue weighted by Gasteiger charge is -2.20. The Kier molecular flexibility index (Phi) is 6.22. The molecule has 1 atom stereocenters. The largest absolute Gasteiger partial charge is 0.344 e. The van der Waals surface area contributed by atoms with Crippen molar-refractivity contribution in [2.75, 3.05) is 20.1 Å². The molecule has 1 aromatic rings. The van der Waals surface area contributed by atoms with E-state index in [0.717, 1.165) is 4.88 Å². The third kappa shape index (κ3) is 4.37. The number of rotatable bonds is 4. The second-order valence-corrected chi connectivity index (χ2v) is 5.16. The van der Waals surface area contributed by atoms with Gasteiger partial charge in [-0.15, -0.1) is 11.3 Å². The van der Waals surface area contributed by atoms with Crippen LogP contribution in [0.3, 0.4) is 0 Å². The Morgan fingerprint density at radius 3 is 2.85 bits per heavy atom. The van der Waals surface area contributed by atoms with Crippen molar-refractivity contribution in [3.05, 3.63) is 21.9 Å². The van der Waals surface area contributed by atoms with Gasteiger partial charge in [0.05, 0.1) is 17.0 Å². The van der Waals surface area contributed by atoms with E-state index in [9.17, 15) is 9.59 Å². The highest BCUT2D eigenvalue weighted by atomic mass is 32.1. The number of carbonyl (C=O) groups excluding carboxylic acids is 2. The quantitative estimate of drug-likeness (QED) is 0.801. The van der Waals surface area contributed by atoms with Crippen LogP contribution in [0.1, 0.15) is 29.1 Å². The van der Waals surface area contributed by atoms with Crippen molar-refractivity contribution in [2.24, 2.45) is 5.73 Å². The van der Waals surface area contributed by atoms with E-state index in [0.29, 0.717) is 12.1 Å². The first-order chi connectivity index (χ1) is 9.49. The molecule has 1 aromatic heterocycles. The summed E-state index contributed by atoms with van der Waals surface area (Å²) < 4.78 is 0. The first kappa shape index (κ1) is 16.2. The number of amides is 2. The highest BCUT2D eigenvalue weighted by Gasteiger charge is 2.19. The summed E-state index contributed by atoms with van der Waals surface area (Å²) in [5, 5.41) is 4.40. The fourth-order valence-electron chi connectivity index (χ4n) is 1.49. The van der Waals surface area contributed by atoms with Crippen LogP contribution in [0, 0.1) is 11.8 Å². The maximum Gasteiger partial charge on any atom is 0.252 e. The SMILES string of the molecule is CCN(C)C(=O)C(C)NC(=O)c1csc(C#CCN)c1. The lowest BCUT2D eigenvalue weighted by molar-refractivity contribution is -0.131. The number of nitrogens with one attached hydrogen (secondary N) is 1. The topological polar surface area (TPSA) is 75.4 Å². The normalized spacial score (nSPS) is 11.2. The summed E-state index contributed by atoms with van der Waals surface area (Å²) in [6.45, 7) is 4.45. The fourth-order valence-corrected chi connectivity index (χ4v) is 2.24. The Bertz CT molecular complexity index is 542. The van der Waals surface area contributed by atoms with Crippen molar-refractivity contribution in [3.8, 4) is 11.8 Å². The van der Waals surface area contributed by atoms with Crippen molar-refractivity contribution in [2.45, 2.75) is 19.9 Å². The average Bonchev–Trinajstić information content (AvgIpc) is 2.92. The molecule has 0 aliphatic heterocycles. The summed E-state index contributed by atoms with van der Waals surface area (Å²) in [4.78, 5) is 26.2. The Morgan fingerprint density at radius 1 is 1.55 bits per heavy atom. The maximum atomic E-state index is 12.0. The van der Waals surface area contributed by atoms with E-state index in [2.05, 4.69) is 17.2 Å². The van der Waals surface area contributed by atoms with E-state index in [1.165, 1.54) is 11.3 Å². The molecule has 6 heteroatoms. The van der Waals surface area contributed by atoms with Crippen LogP contribution in [0.15, 0.2) is 11.4 Å². The molecule has 0 aliphatic rings. The second kappa shape index (κ2) is 7.68. The van der Waals surface area contributed by atoms with Gasteiger partial charge in [-0.05, 0) is 19.9 Å². The molecule has 0 aromatic carbocycles. The molecular formula is C14H19N3O2S. The summed E-state index contributed by atoms with van der Waals surface area (Å²) in [5.41, 5.74) is 5.80. The molecule has 1 unspecified atom stereocenters. The van der Waals surface area contributed by atoms with Gasteiger partial charge in [-0.3, -0.25) is 9.59 Å². The van der Waals surface area contributed by atoms with Gasteiger partial charge in [0.15, 0.2) is 0 Å². The van der Waals surface area contributed by atoms with E-state index in [1.54, 1.807) is 30.3 Å². The Balaban J connectivity index is 2.67. The minimum Gasteiger partial charge on any atom is -0.344 e. The molecule has 0 saturated carbocycles. The molecule has 0 radical (unpaired) electrons. The third-order valence-electron chi connectivity index (χ3n) is 2.74. The highest BCUT2D eigenvalue weighted by Crippen LogP contribution is 2.13. The zero-order chi connectivity index (χ0) is 15.1. The van der Waals surface area contributed by atoms with Crippen molar-refractivity contribution < 1.29 is 9.59 Å². The Hall–Kier alpha value is -1.84. The molecule has 20 heavy (non-hydrogen) atoms. The number of thiophene rings is 1. The molecule has 0 saturated heterocycles. The van der Waals surface area contributed by atoms with Gasteiger partial charge in [0, 0.05) is 19.0 Å². The van der Waals surface area contributed by atoms with Crippen molar-refractivity contribution in [1.82, 2.24) is 10.2 Å². The van der Waals surface area contributed by atoms with E-state index in [4.69, 9.17) is 5.73 Å². The second-order valence-electron chi connectivity index (χ2n) is 4.25.